The van der Waals surface area contributed by atoms with Gasteiger partial charge in [-0.2, -0.15) is 9.98 Å². The molecule has 0 spiro atoms. The Morgan fingerprint density at radius 3 is 1.35 bits per heavy atom. The number of isocyanates is 2. The summed E-state index contributed by atoms with van der Waals surface area (Å²) >= 11 is 0. The van der Waals surface area contributed by atoms with Crippen LogP contribution >= 0.6 is 0 Å². The van der Waals surface area contributed by atoms with Crippen molar-refractivity contribution in [2.45, 2.75) is 5.66 Å². The zero-order chi connectivity index (χ0) is 13.6. The monoisotopic (exact) mass is 306 g/mol. The van der Waals surface area contributed by atoms with Gasteiger partial charge in [0.05, 0.1) is 0 Å². The van der Waals surface area contributed by atoms with Crippen molar-refractivity contribution >= 4 is 12.2 Å². The summed E-state index contributed by atoms with van der Waals surface area (Å²) in [7, 11) is 0. The van der Waals surface area contributed by atoms with Gasteiger partial charge in [0.25, 0.3) is 0 Å². The normalized spacial score (nSPS) is 9.60. The summed E-state index contributed by atoms with van der Waals surface area (Å²) in [6, 6.07) is 17.8. The van der Waals surface area contributed by atoms with Crippen molar-refractivity contribution in [3.63, 3.8) is 0 Å². The van der Waals surface area contributed by atoms with Crippen LogP contribution in [0.15, 0.2) is 70.6 Å². The maximum Gasteiger partial charge on any atom is 0.238 e. The van der Waals surface area contributed by atoms with Gasteiger partial charge in [0.1, 0.15) is 0 Å². The summed E-state index contributed by atoms with van der Waals surface area (Å²) in [6.45, 7) is 0. The van der Waals surface area contributed by atoms with Crippen LogP contribution < -0.4 is 0 Å². The molecule has 2 aromatic rings. The van der Waals surface area contributed by atoms with E-state index in [4.69, 9.17) is 0 Å². The molecule has 0 N–H and O–H groups in total. The minimum absolute atomic E-state index is 0. The van der Waals surface area contributed by atoms with Crippen molar-refractivity contribution < 1.29 is 26.7 Å². The van der Waals surface area contributed by atoms with Crippen molar-refractivity contribution in [3.05, 3.63) is 71.8 Å². The second kappa shape index (κ2) is 7.34. The van der Waals surface area contributed by atoms with Gasteiger partial charge in [-0.3, -0.25) is 0 Å². The number of carbonyl (C=O) groups excluding carboxylic acids is 2. The topological polar surface area (TPSA) is 58.9 Å². The fourth-order valence-electron chi connectivity index (χ4n) is 1.92. The van der Waals surface area contributed by atoms with E-state index in [0.717, 1.165) is 0 Å². The van der Waals surface area contributed by atoms with Gasteiger partial charge in [-0.15, -0.1) is 0 Å². The Bertz CT molecular complexity index is 587. The molecule has 0 aliphatic carbocycles. The molecule has 0 bridgehead atoms. The summed E-state index contributed by atoms with van der Waals surface area (Å²) < 4.78 is 0. The maximum atomic E-state index is 10.8. The van der Waals surface area contributed by atoms with E-state index in [1.54, 1.807) is 48.5 Å². The van der Waals surface area contributed by atoms with Gasteiger partial charge in [0.15, 0.2) is 0 Å². The third-order valence-corrected chi connectivity index (χ3v) is 2.77. The van der Waals surface area contributed by atoms with Gasteiger partial charge in [-0.1, -0.05) is 60.7 Å². The molecule has 0 saturated heterocycles. The molecule has 0 atom stereocenters. The predicted molar refractivity (Wildman–Crippen MR) is 69.9 cm³/mol. The third kappa shape index (κ3) is 3.00. The van der Waals surface area contributed by atoms with Crippen LogP contribution in [0.25, 0.3) is 0 Å². The van der Waals surface area contributed by atoms with Gasteiger partial charge < -0.3 is 0 Å². The molecular formula is C15H10FeN2O2. The van der Waals surface area contributed by atoms with Crippen LogP contribution in [0.2, 0.25) is 0 Å². The molecule has 0 amide bonds. The van der Waals surface area contributed by atoms with Crippen LogP contribution in [0, 0.1) is 0 Å². The molecule has 5 heteroatoms. The molecule has 20 heavy (non-hydrogen) atoms. The van der Waals surface area contributed by atoms with E-state index in [0.29, 0.717) is 11.1 Å². The van der Waals surface area contributed by atoms with Crippen molar-refractivity contribution in [2.24, 2.45) is 9.98 Å². The van der Waals surface area contributed by atoms with Gasteiger partial charge in [-0.25, -0.2) is 9.59 Å². The SMILES string of the molecule is O=C=NC(N=C=O)(c1ccccc1)c1ccccc1.[Fe]. The van der Waals surface area contributed by atoms with E-state index in [2.05, 4.69) is 9.98 Å². The predicted octanol–water partition coefficient (Wildman–Crippen LogP) is 2.56. The van der Waals surface area contributed by atoms with E-state index >= 15 is 0 Å². The quantitative estimate of drug-likeness (QED) is 0.495. The van der Waals surface area contributed by atoms with Gasteiger partial charge in [0, 0.05) is 28.2 Å². The average Bonchev–Trinajstić information content (AvgIpc) is 2.49. The smallest absolute Gasteiger partial charge is 0.211 e. The van der Waals surface area contributed by atoms with E-state index in [9.17, 15) is 9.59 Å². The number of rotatable bonds is 4. The van der Waals surface area contributed by atoms with Crippen LogP contribution in [0.3, 0.4) is 0 Å². The fraction of sp³-hybridized carbons (Fsp3) is 0.0667. The molecule has 0 unspecified atom stereocenters. The largest absolute Gasteiger partial charge is 0.238 e. The van der Waals surface area contributed by atoms with E-state index in [-0.39, 0.29) is 17.1 Å². The van der Waals surface area contributed by atoms with Crippen LogP contribution in [0.1, 0.15) is 11.1 Å². The minimum Gasteiger partial charge on any atom is -0.211 e. The number of aliphatic imine (C=N–C) groups is 2. The Kier molecular flexibility index (Phi) is 5.79. The molecular weight excluding hydrogens is 296 g/mol. The molecule has 100 valence electrons. The van der Waals surface area contributed by atoms with E-state index < -0.39 is 5.66 Å². The summed E-state index contributed by atoms with van der Waals surface area (Å²) in [4.78, 5) is 29.0. The zero-order valence-electron chi connectivity index (χ0n) is 10.3. The molecule has 0 aromatic heterocycles. The Balaban J connectivity index is 0.00000200. The Labute approximate surface area is 126 Å². The van der Waals surface area contributed by atoms with E-state index in [1.807, 2.05) is 12.1 Å². The second-order valence-corrected chi connectivity index (χ2v) is 3.81. The van der Waals surface area contributed by atoms with Crippen LogP contribution in [-0.2, 0) is 32.3 Å². The molecule has 0 saturated carbocycles. The molecule has 0 heterocycles. The molecule has 2 rings (SSSR count). The first-order valence-electron chi connectivity index (χ1n) is 5.62. The fourth-order valence-corrected chi connectivity index (χ4v) is 1.92. The molecule has 0 radical (unpaired) electrons. The number of nitrogens with zero attached hydrogens (tertiary/aromatic N) is 2. The van der Waals surface area contributed by atoms with Gasteiger partial charge in [0.2, 0.25) is 17.8 Å². The summed E-state index contributed by atoms with van der Waals surface area (Å²) in [6.07, 6.45) is 2.99. The number of hydrogen-bond acceptors (Lipinski definition) is 4. The molecule has 0 fully saturated rings. The minimum atomic E-state index is -1.41. The van der Waals surface area contributed by atoms with Crippen LogP contribution in [0.5, 0.6) is 0 Å². The second-order valence-electron chi connectivity index (χ2n) is 3.81. The van der Waals surface area contributed by atoms with Gasteiger partial charge in [-0.05, 0) is 0 Å². The number of benzene rings is 2. The average molecular weight is 306 g/mol. The summed E-state index contributed by atoms with van der Waals surface area (Å²) in [5.41, 5.74) is -0.202. The Morgan fingerprint density at radius 2 is 1.05 bits per heavy atom. The molecule has 4 nitrogen and oxygen atoms in total. The van der Waals surface area contributed by atoms with Crippen molar-refractivity contribution in [1.29, 1.82) is 0 Å². The first-order valence-corrected chi connectivity index (χ1v) is 5.62. The summed E-state index contributed by atoms with van der Waals surface area (Å²) in [5.74, 6) is 0. The van der Waals surface area contributed by atoms with Crippen molar-refractivity contribution in [2.75, 3.05) is 0 Å². The zero-order valence-corrected chi connectivity index (χ0v) is 11.4. The van der Waals surface area contributed by atoms with Crippen molar-refractivity contribution in [1.82, 2.24) is 0 Å². The molecule has 0 aliphatic rings. The van der Waals surface area contributed by atoms with Crippen LogP contribution in [0.4, 0.5) is 0 Å². The standard InChI is InChI=1S/C15H10N2O2.Fe/c18-11-16-15(17-12-19,13-7-3-1-4-8-13)14-9-5-2-6-10-14;/h1-10H;. The van der Waals surface area contributed by atoms with Crippen molar-refractivity contribution in [3.8, 4) is 0 Å². The van der Waals surface area contributed by atoms with Gasteiger partial charge >= 0.3 is 0 Å². The Morgan fingerprint density at radius 1 is 0.700 bits per heavy atom. The first kappa shape index (κ1) is 15.8. The van der Waals surface area contributed by atoms with E-state index in [1.165, 1.54) is 12.2 Å². The third-order valence-electron chi connectivity index (χ3n) is 2.77. The van der Waals surface area contributed by atoms with Crippen LogP contribution in [-0.4, -0.2) is 12.2 Å². The maximum absolute atomic E-state index is 10.8. The molecule has 0 aliphatic heterocycles. The Hall–Kier alpha value is -2.28. The summed E-state index contributed by atoms with van der Waals surface area (Å²) in [5, 5.41) is 0. The molecule has 2 aromatic carbocycles. The number of hydrogen-bond donors (Lipinski definition) is 0. The first-order chi connectivity index (χ1) is 9.33.